The summed E-state index contributed by atoms with van der Waals surface area (Å²) in [4.78, 5) is 2.62. The fourth-order valence-electron chi connectivity index (χ4n) is 2.61. The smallest absolute Gasteiger partial charge is 0.0311 e. The minimum absolute atomic E-state index is 0.487. The van der Waals surface area contributed by atoms with Crippen molar-refractivity contribution in [3.05, 3.63) is 35.9 Å². The van der Waals surface area contributed by atoms with E-state index >= 15 is 0 Å². The number of rotatable bonds is 2. The lowest BCUT2D eigenvalue weighted by Gasteiger charge is -2.39. The highest BCUT2D eigenvalue weighted by Gasteiger charge is 2.46. The molecule has 0 radical (unpaired) electrons. The highest BCUT2D eigenvalue weighted by Crippen LogP contribution is 2.38. The second-order valence-corrected chi connectivity index (χ2v) is 5.40. The summed E-state index contributed by atoms with van der Waals surface area (Å²) in [5.41, 5.74) is 1.92. The van der Waals surface area contributed by atoms with Crippen molar-refractivity contribution in [1.82, 2.24) is 10.2 Å². The molecule has 1 N–H and O–H groups in total. The summed E-state index contributed by atoms with van der Waals surface area (Å²) >= 11 is 0. The molecule has 0 amide bonds. The molecule has 1 atom stereocenters. The van der Waals surface area contributed by atoms with Gasteiger partial charge < -0.3 is 5.32 Å². The molecule has 1 aliphatic carbocycles. The van der Waals surface area contributed by atoms with Crippen LogP contribution >= 0.6 is 0 Å². The first kappa shape index (κ1) is 10.3. The average molecular weight is 216 g/mol. The highest BCUT2D eigenvalue weighted by molar-refractivity contribution is 5.16. The number of hydrogen-bond acceptors (Lipinski definition) is 2. The van der Waals surface area contributed by atoms with Crippen LogP contribution in [0, 0.1) is 0 Å². The van der Waals surface area contributed by atoms with Gasteiger partial charge in [-0.05, 0) is 25.3 Å². The monoisotopic (exact) mass is 216 g/mol. The largest absolute Gasteiger partial charge is 0.308 e. The quantitative estimate of drug-likeness (QED) is 0.813. The van der Waals surface area contributed by atoms with Crippen LogP contribution in [0.5, 0.6) is 0 Å². The molecule has 1 saturated heterocycles. The summed E-state index contributed by atoms with van der Waals surface area (Å²) in [5.74, 6) is 0. The Balaban J connectivity index is 1.69. The van der Waals surface area contributed by atoms with Gasteiger partial charge in [-0.2, -0.15) is 0 Å². The van der Waals surface area contributed by atoms with Crippen LogP contribution in [-0.2, 0) is 6.54 Å². The van der Waals surface area contributed by atoms with Crippen molar-refractivity contribution in [2.24, 2.45) is 0 Å². The Morgan fingerprint density at radius 2 is 2.06 bits per heavy atom. The molecular formula is C14H20N2. The molecule has 0 bridgehead atoms. The average Bonchev–Trinajstić information content (AvgIpc) is 3.06. The molecule has 1 spiro atoms. The number of benzene rings is 1. The SMILES string of the molecule is C[C@@H]1CNC2(CC2)CN1Cc1ccccc1. The van der Waals surface area contributed by atoms with Gasteiger partial charge in [0, 0.05) is 31.2 Å². The van der Waals surface area contributed by atoms with E-state index in [1.54, 1.807) is 0 Å². The van der Waals surface area contributed by atoms with Crippen LogP contribution in [-0.4, -0.2) is 29.6 Å². The lowest BCUT2D eigenvalue weighted by Crippen LogP contribution is -2.56. The molecule has 1 heterocycles. The number of nitrogens with zero attached hydrogens (tertiary/aromatic N) is 1. The Labute approximate surface area is 97.6 Å². The van der Waals surface area contributed by atoms with Gasteiger partial charge in [-0.25, -0.2) is 0 Å². The predicted molar refractivity (Wildman–Crippen MR) is 66.3 cm³/mol. The zero-order valence-corrected chi connectivity index (χ0v) is 9.95. The van der Waals surface area contributed by atoms with E-state index < -0.39 is 0 Å². The summed E-state index contributed by atoms with van der Waals surface area (Å²) in [6, 6.07) is 11.5. The maximum Gasteiger partial charge on any atom is 0.0311 e. The van der Waals surface area contributed by atoms with E-state index in [-0.39, 0.29) is 0 Å². The Kier molecular flexibility index (Phi) is 2.49. The van der Waals surface area contributed by atoms with Crippen LogP contribution in [0.25, 0.3) is 0 Å². The van der Waals surface area contributed by atoms with E-state index in [0.717, 1.165) is 13.1 Å². The molecule has 1 aromatic rings. The molecule has 2 heteroatoms. The van der Waals surface area contributed by atoms with Crippen molar-refractivity contribution >= 4 is 0 Å². The standard InChI is InChI=1S/C14H20N2/c1-12-9-15-14(7-8-14)11-16(12)10-13-5-3-2-4-6-13/h2-6,12,15H,7-11H2,1H3/t12-/m1/s1. The first-order valence-electron chi connectivity index (χ1n) is 6.30. The van der Waals surface area contributed by atoms with Crippen LogP contribution in [0.1, 0.15) is 25.3 Å². The van der Waals surface area contributed by atoms with E-state index in [1.165, 1.54) is 24.9 Å². The molecule has 1 aromatic carbocycles. The fourth-order valence-corrected chi connectivity index (χ4v) is 2.61. The van der Waals surface area contributed by atoms with E-state index in [1.807, 2.05) is 0 Å². The van der Waals surface area contributed by atoms with Gasteiger partial charge in [0.1, 0.15) is 0 Å². The van der Waals surface area contributed by atoms with Gasteiger partial charge in [0.2, 0.25) is 0 Å². The van der Waals surface area contributed by atoms with Crippen LogP contribution in [0.3, 0.4) is 0 Å². The Hall–Kier alpha value is -0.860. The third-order valence-corrected chi connectivity index (χ3v) is 3.98. The molecule has 16 heavy (non-hydrogen) atoms. The number of hydrogen-bond donors (Lipinski definition) is 1. The van der Waals surface area contributed by atoms with E-state index in [9.17, 15) is 0 Å². The molecule has 86 valence electrons. The summed E-state index contributed by atoms with van der Waals surface area (Å²) in [6.07, 6.45) is 2.73. The molecule has 0 aromatic heterocycles. The minimum atomic E-state index is 0.487. The van der Waals surface area contributed by atoms with Gasteiger partial charge in [-0.15, -0.1) is 0 Å². The van der Waals surface area contributed by atoms with Crippen molar-refractivity contribution in [3.8, 4) is 0 Å². The lowest BCUT2D eigenvalue weighted by molar-refractivity contribution is 0.124. The number of nitrogens with one attached hydrogen (secondary N) is 1. The Morgan fingerprint density at radius 1 is 1.31 bits per heavy atom. The van der Waals surface area contributed by atoms with Crippen LogP contribution in [0.2, 0.25) is 0 Å². The van der Waals surface area contributed by atoms with Gasteiger partial charge in [-0.3, -0.25) is 4.90 Å². The van der Waals surface area contributed by atoms with E-state index in [0.29, 0.717) is 11.6 Å². The topological polar surface area (TPSA) is 15.3 Å². The van der Waals surface area contributed by atoms with Gasteiger partial charge >= 0.3 is 0 Å². The van der Waals surface area contributed by atoms with Gasteiger partial charge in [-0.1, -0.05) is 30.3 Å². The van der Waals surface area contributed by atoms with Crippen LogP contribution in [0.4, 0.5) is 0 Å². The molecular weight excluding hydrogens is 196 g/mol. The summed E-state index contributed by atoms with van der Waals surface area (Å²) in [6.45, 7) is 5.80. The van der Waals surface area contributed by atoms with Crippen LogP contribution in [0.15, 0.2) is 30.3 Å². The second-order valence-electron chi connectivity index (χ2n) is 5.40. The summed E-state index contributed by atoms with van der Waals surface area (Å²) in [5, 5.41) is 3.69. The zero-order chi connectivity index (χ0) is 11.0. The molecule has 1 saturated carbocycles. The van der Waals surface area contributed by atoms with Crippen molar-refractivity contribution < 1.29 is 0 Å². The maximum atomic E-state index is 3.69. The molecule has 2 fully saturated rings. The van der Waals surface area contributed by atoms with Gasteiger partial charge in [0.15, 0.2) is 0 Å². The number of piperazine rings is 1. The zero-order valence-electron chi connectivity index (χ0n) is 9.95. The second kappa shape index (κ2) is 3.86. The maximum absolute atomic E-state index is 3.69. The summed E-state index contributed by atoms with van der Waals surface area (Å²) < 4.78 is 0. The first-order valence-corrected chi connectivity index (χ1v) is 6.30. The van der Waals surface area contributed by atoms with Crippen molar-refractivity contribution in [2.75, 3.05) is 13.1 Å². The van der Waals surface area contributed by atoms with E-state index in [2.05, 4.69) is 47.5 Å². The molecule has 2 aliphatic rings. The van der Waals surface area contributed by atoms with Gasteiger partial charge in [0.25, 0.3) is 0 Å². The Morgan fingerprint density at radius 3 is 2.75 bits per heavy atom. The minimum Gasteiger partial charge on any atom is -0.308 e. The lowest BCUT2D eigenvalue weighted by atomic mass is 10.1. The third-order valence-electron chi connectivity index (χ3n) is 3.98. The predicted octanol–water partition coefficient (Wildman–Crippen LogP) is 2.01. The molecule has 1 aliphatic heterocycles. The Bertz CT molecular complexity index is 356. The molecule has 0 unspecified atom stereocenters. The third kappa shape index (κ3) is 2.00. The summed E-state index contributed by atoms with van der Waals surface area (Å²) in [7, 11) is 0. The normalized spacial score (nSPS) is 28.2. The van der Waals surface area contributed by atoms with Crippen molar-refractivity contribution in [3.63, 3.8) is 0 Å². The molecule has 3 rings (SSSR count). The van der Waals surface area contributed by atoms with Gasteiger partial charge in [0.05, 0.1) is 0 Å². The van der Waals surface area contributed by atoms with Crippen molar-refractivity contribution in [2.45, 2.75) is 37.9 Å². The highest BCUT2D eigenvalue weighted by atomic mass is 15.3. The van der Waals surface area contributed by atoms with E-state index in [4.69, 9.17) is 0 Å². The van der Waals surface area contributed by atoms with Crippen LogP contribution < -0.4 is 5.32 Å². The first-order chi connectivity index (χ1) is 7.77. The fraction of sp³-hybridized carbons (Fsp3) is 0.571. The van der Waals surface area contributed by atoms with Crippen molar-refractivity contribution in [1.29, 1.82) is 0 Å². The molecule has 2 nitrogen and oxygen atoms in total.